The molecule has 1 N–H and O–H groups in total. The van der Waals surface area contributed by atoms with Crippen LogP contribution in [0.1, 0.15) is 39.6 Å². The van der Waals surface area contributed by atoms with Crippen LogP contribution in [0.3, 0.4) is 0 Å². The van der Waals surface area contributed by atoms with Crippen molar-refractivity contribution in [2.75, 3.05) is 0 Å². The number of nitrogens with one attached hydrogen (secondary N) is 1. The molecule has 0 bridgehead atoms. The van der Waals surface area contributed by atoms with E-state index in [0.717, 1.165) is 10.0 Å². The highest BCUT2D eigenvalue weighted by molar-refractivity contribution is 9.10. The SMILES string of the molecule is Cc1cc(Br)cc(C(=O)NC(C)c2ncnn2-c2ncc(C#N)s2)c1. The number of aromatic nitrogens is 4. The van der Waals surface area contributed by atoms with Crippen molar-refractivity contribution in [3.05, 3.63) is 57.0 Å². The number of benzene rings is 1. The molecular weight excluding hydrogens is 404 g/mol. The molecule has 2 aromatic heterocycles. The van der Waals surface area contributed by atoms with E-state index in [1.54, 1.807) is 6.07 Å². The summed E-state index contributed by atoms with van der Waals surface area (Å²) in [5.74, 6) is 0.335. The summed E-state index contributed by atoms with van der Waals surface area (Å²) in [4.78, 5) is 21.4. The first kappa shape index (κ1) is 17.3. The zero-order chi connectivity index (χ0) is 18.0. The van der Waals surface area contributed by atoms with Crippen LogP contribution in [0.5, 0.6) is 0 Å². The van der Waals surface area contributed by atoms with Crippen molar-refractivity contribution in [3.8, 4) is 11.2 Å². The minimum Gasteiger partial charge on any atom is -0.342 e. The van der Waals surface area contributed by atoms with Crippen LogP contribution in [0.15, 0.2) is 35.2 Å². The van der Waals surface area contributed by atoms with Crippen molar-refractivity contribution in [2.45, 2.75) is 19.9 Å². The molecule has 0 fully saturated rings. The van der Waals surface area contributed by atoms with E-state index in [2.05, 4.69) is 36.3 Å². The monoisotopic (exact) mass is 416 g/mol. The van der Waals surface area contributed by atoms with Crippen LogP contribution in [-0.4, -0.2) is 25.7 Å². The third-order valence-electron chi connectivity index (χ3n) is 3.40. The lowest BCUT2D eigenvalue weighted by Gasteiger charge is -2.14. The molecule has 0 radical (unpaired) electrons. The quantitative estimate of drug-likeness (QED) is 0.704. The summed E-state index contributed by atoms with van der Waals surface area (Å²) >= 11 is 4.61. The summed E-state index contributed by atoms with van der Waals surface area (Å²) in [5, 5.41) is 16.5. The molecule has 25 heavy (non-hydrogen) atoms. The average Bonchev–Trinajstić information content (AvgIpc) is 3.22. The summed E-state index contributed by atoms with van der Waals surface area (Å²) in [6.45, 7) is 3.75. The minimum atomic E-state index is -0.385. The van der Waals surface area contributed by atoms with Gasteiger partial charge in [0.25, 0.3) is 5.91 Å². The van der Waals surface area contributed by atoms with E-state index in [0.29, 0.717) is 21.4 Å². The largest absolute Gasteiger partial charge is 0.342 e. The predicted octanol–water partition coefficient (Wildman–Crippen LogP) is 3.16. The van der Waals surface area contributed by atoms with E-state index in [9.17, 15) is 4.79 Å². The molecule has 1 atom stereocenters. The minimum absolute atomic E-state index is 0.205. The maximum Gasteiger partial charge on any atom is 0.251 e. The van der Waals surface area contributed by atoms with Crippen molar-refractivity contribution < 1.29 is 4.79 Å². The van der Waals surface area contributed by atoms with Gasteiger partial charge >= 0.3 is 0 Å². The third-order valence-corrected chi connectivity index (χ3v) is 4.73. The number of hydrogen-bond donors (Lipinski definition) is 1. The molecule has 3 aromatic rings. The zero-order valence-corrected chi connectivity index (χ0v) is 15.8. The molecule has 0 saturated heterocycles. The molecule has 9 heteroatoms. The Morgan fingerprint density at radius 1 is 1.40 bits per heavy atom. The Morgan fingerprint density at radius 3 is 2.88 bits per heavy atom. The second-order valence-electron chi connectivity index (χ2n) is 5.36. The van der Waals surface area contributed by atoms with Gasteiger partial charge in [0, 0.05) is 10.0 Å². The first-order valence-corrected chi connectivity index (χ1v) is 8.93. The van der Waals surface area contributed by atoms with Gasteiger partial charge in [-0.1, -0.05) is 27.3 Å². The molecule has 3 rings (SSSR count). The van der Waals surface area contributed by atoms with Crippen molar-refractivity contribution in [1.82, 2.24) is 25.1 Å². The van der Waals surface area contributed by atoms with Crippen molar-refractivity contribution in [3.63, 3.8) is 0 Å². The lowest BCUT2D eigenvalue weighted by atomic mass is 10.1. The van der Waals surface area contributed by atoms with Crippen molar-refractivity contribution in [2.24, 2.45) is 0 Å². The van der Waals surface area contributed by atoms with E-state index in [-0.39, 0.29) is 11.9 Å². The number of amides is 1. The second-order valence-corrected chi connectivity index (χ2v) is 7.29. The Morgan fingerprint density at radius 2 is 2.20 bits per heavy atom. The maximum atomic E-state index is 12.5. The third kappa shape index (κ3) is 3.75. The fourth-order valence-electron chi connectivity index (χ4n) is 2.32. The Balaban J connectivity index is 1.82. The smallest absolute Gasteiger partial charge is 0.251 e. The van der Waals surface area contributed by atoms with Gasteiger partial charge in [-0.25, -0.2) is 9.97 Å². The van der Waals surface area contributed by atoms with Gasteiger partial charge in [0.2, 0.25) is 5.13 Å². The summed E-state index contributed by atoms with van der Waals surface area (Å²) in [5.41, 5.74) is 1.55. The van der Waals surface area contributed by atoms with Gasteiger partial charge in [-0.15, -0.1) is 0 Å². The first-order valence-electron chi connectivity index (χ1n) is 7.32. The Bertz CT molecular complexity index is 953. The van der Waals surface area contributed by atoms with Gasteiger partial charge in [-0.2, -0.15) is 15.0 Å². The number of nitriles is 1. The molecular formula is C16H13BrN6OS. The summed E-state index contributed by atoms with van der Waals surface area (Å²) < 4.78 is 2.38. The van der Waals surface area contributed by atoms with Gasteiger partial charge < -0.3 is 5.32 Å². The highest BCUT2D eigenvalue weighted by Gasteiger charge is 2.19. The average molecular weight is 417 g/mol. The molecule has 0 aliphatic heterocycles. The molecule has 7 nitrogen and oxygen atoms in total. The summed E-state index contributed by atoms with van der Waals surface area (Å²) in [6, 6.07) is 7.17. The fraction of sp³-hybridized carbons (Fsp3) is 0.188. The van der Waals surface area contributed by atoms with Crippen LogP contribution in [0.2, 0.25) is 0 Å². The number of carbonyl (C=O) groups excluding carboxylic acids is 1. The molecule has 0 aliphatic carbocycles. The molecule has 126 valence electrons. The van der Waals surface area contributed by atoms with E-state index in [1.165, 1.54) is 28.5 Å². The number of carbonyl (C=O) groups is 1. The van der Waals surface area contributed by atoms with Crippen LogP contribution in [0.25, 0.3) is 5.13 Å². The lowest BCUT2D eigenvalue weighted by molar-refractivity contribution is 0.0937. The predicted molar refractivity (Wildman–Crippen MR) is 96.5 cm³/mol. The topological polar surface area (TPSA) is 96.5 Å². The van der Waals surface area contributed by atoms with Crippen molar-refractivity contribution >= 4 is 33.2 Å². The Hall–Kier alpha value is -2.57. The highest BCUT2D eigenvalue weighted by Crippen LogP contribution is 2.20. The number of thiazole rings is 1. The Labute approximate surface area is 156 Å². The number of hydrogen-bond acceptors (Lipinski definition) is 6. The van der Waals surface area contributed by atoms with Gasteiger partial charge in [0.05, 0.1) is 12.2 Å². The van der Waals surface area contributed by atoms with Crippen LogP contribution < -0.4 is 5.32 Å². The first-order chi connectivity index (χ1) is 12.0. The van der Waals surface area contributed by atoms with E-state index >= 15 is 0 Å². The van der Waals surface area contributed by atoms with Crippen LogP contribution in [0, 0.1) is 18.3 Å². The van der Waals surface area contributed by atoms with Crippen LogP contribution in [-0.2, 0) is 0 Å². The summed E-state index contributed by atoms with van der Waals surface area (Å²) in [6.07, 6.45) is 2.88. The normalized spacial score (nSPS) is 11.8. The Kier molecular flexibility index (Phi) is 4.92. The highest BCUT2D eigenvalue weighted by atomic mass is 79.9. The molecule has 2 heterocycles. The van der Waals surface area contributed by atoms with Gasteiger partial charge in [0.1, 0.15) is 17.3 Å². The van der Waals surface area contributed by atoms with Gasteiger partial charge in [-0.05, 0) is 37.6 Å². The lowest BCUT2D eigenvalue weighted by Crippen LogP contribution is -2.28. The van der Waals surface area contributed by atoms with Crippen molar-refractivity contribution in [1.29, 1.82) is 5.26 Å². The standard InChI is InChI=1S/C16H13BrN6OS/c1-9-3-11(5-12(17)4-9)15(24)22-10(2)14-20-8-21-23(14)16-19-7-13(6-18)25-16/h3-5,7-8,10H,1-2H3,(H,22,24). The molecule has 0 spiro atoms. The van der Waals surface area contributed by atoms with Gasteiger partial charge in [0.15, 0.2) is 5.82 Å². The van der Waals surface area contributed by atoms with Crippen LogP contribution in [0.4, 0.5) is 0 Å². The molecule has 1 aromatic carbocycles. The van der Waals surface area contributed by atoms with E-state index in [4.69, 9.17) is 5.26 Å². The zero-order valence-electron chi connectivity index (χ0n) is 13.4. The van der Waals surface area contributed by atoms with E-state index < -0.39 is 0 Å². The number of rotatable bonds is 4. The molecule has 0 aliphatic rings. The van der Waals surface area contributed by atoms with Gasteiger partial charge in [-0.3, -0.25) is 4.79 Å². The maximum absolute atomic E-state index is 12.5. The molecule has 0 saturated carbocycles. The number of nitrogens with zero attached hydrogens (tertiary/aromatic N) is 5. The summed E-state index contributed by atoms with van der Waals surface area (Å²) in [7, 11) is 0. The number of halogens is 1. The van der Waals surface area contributed by atoms with E-state index in [1.807, 2.05) is 32.0 Å². The fourth-order valence-corrected chi connectivity index (χ4v) is 3.61. The molecule has 1 amide bonds. The second kappa shape index (κ2) is 7.13. The van der Waals surface area contributed by atoms with Crippen LogP contribution >= 0.6 is 27.3 Å². The number of aryl methyl sites for hydroxylation is 1. The molecule has 1 unspecified atom stereocenters.